The van der Waals surface area contributed by atoms with Crippen LogP contribution in [-0.2, 0) is 4.79 Å². The molecule has 0 saturated heterocycles. The van der Waals surface area contributed by atoms with Gasteiger partial charge >= 0.3 is 0 Å². The SMILES string of the molecule is CCCCCCC(=O)Nc1ccccc1/C(C)=N/O. The first-order valence-electron chi connectivity index (χ1n) is 6.77. The minimum Gasteiger partial charge on any atom is -0.411 e. The average molecular weight is 262 g/mol. The molecule has 0 spiro atoms. The number of anilines is 1. The number of hydrogen-bond acceptors (Lipinski definition) is 3. The van der Waals surface area contributed by atoms with Crippen molar-refractivity contribution in [2.24, 2.45) is 5.16 Å². The molecule has 0 saturated carbocycles. The van der Waals surface area contributed by atoms with E-state index in [4.69, 9.17) is 5.21 Å². The zero-order valence-corrected chi connectivity index (χ0v) is 11.6. The fraction of sp³-hybridized carbons (Fsp3) is 0.467. The summed E-state index contributed by atoms with van der Waals surface area (Å²) in [6.07, 6.45) is 4.86. The molecule has 0 fully saturated rings. The second-order valence-electron chi connectivity index (χ2n) is 4.59. The summed E-state index contributed by atoms with van der Waals surface area (Å²) < 4.78 is 0. The Kier molecular flexibility index (Phi) is 6.64. The minimum absolute atomic E-state index is 0.00860. The summed E-state index contributed by atoms with van der Waals surface area (Å²) in [5, 5.41) is 14.9. The number of amides is 1. The van der Waals surface area contributed by atoms with Gasteiger partial charge in [0.05, 0.1) is 5.71 Å². The van der Waals surface area contributed by atoms with Crippen LogP contribution in [0.4, 0.5) is 5.69 Å². The largest absolute Gasteiger partial charge is 0.411 e. The maximum atomic E-state index is 11.8. The van der Waals surface area contributed by atoms with Gasteiger partial charge in [0, 0.05) is 17.7 Å². The lowest BCUT2D eigenvalue weighted by Crippen LogP contribution is -2.13. The van der Waals surface area contributed by atoms with Gasteiger partial charge in [0.2, 0.25) is 5.91 Å². The molecule has 0 aliphatic carbocycles. The van der Waals surface area contributed by atoms with Gasteiger partial charge in [-0.05, 0) is 19.4 Å². The van der Waals surface area contributed by atoms with E-state index >= 15 is 0 Å². The summed E-state index contributed by atoms with van der Waals surface area (Å²) in [6, 6.07) is 7.33. The number of unbranched alkanes of at least 4 members (excludes halogenated alkanes) is 3. The van der Waals surface area contributed by atoms with Crippen LogP contribution >= 0.6 is 0 Å². The molecule has 0 aliphatic heterocycles. The van der Waals surface area contributed by atoms with E-state index in [1.165, 1.54) is 6.42 Å². The van der Waals surface area contributed by atoms with Crippen LogP contribution in [0, 0.1) is 0 Å². The molecule has 19 heavy (non-hydrogen) atoms. The van der Waals surface area contributed by atoms with Crippen LogP contribution in [0.1, 0.15) is 51.5 Å². The molecule has 0 heterocycles. The number of nitrogens with zero attached hydrogens (tertiary/aromatic N) is 1. The summed E-state index contributed by atoms with van der Waals surface area (Å²) in [5.74, 6) is 0.00860. The molecule has 2 N–H and O–H groups in total. The Balaban J connectivity index is 2.59. The van der Waals surface area contributed by atoms with Gasteiger partial charge in [0.15, 0.2) is 0 Å². The van der Waals surface area contributed by atoms with Crippen molar-refractivity contribution in [1.82, 2.24) is 0 Å². The van der Waals surface area contributed by atoms with E-state index in [2.05, 4.69) is 17.4 Å². The smallest absolute Gasteiger partial charge is 0.224 e. The number of nitrogens with one attached hydrogen (secondary N) is 1. The van der Waals surface area contributed by atoms with Crippen LogP contribution in [0.25, 0.3) is 0 Å². The Bertz CT molecular complexity index is 442. The van der Waals surface area contributed by atoms with Gasteiger partial charge in [-0.3, -0.25) is 4.79 Å². The molecule has 4 heteroatoms. The maximum absolute atomic E-state index is 11.8. The van der Waals surface area contributed by atoms with E-state index in [0.29, 0.717) is 17.8 Å². The third-order valence-electron chi connectivity index (χ3n) is 3.00. The molecule has 0 unspecified atom stereocenters. The quantitative estimate of drug-likeness (QED) is 0.340. The van der Waals surface area contributed by atoms with E-state index in [0.717, 1.165) is 24.8 Å². The number of carbonyl (C=O) groups is 1. The first-order valence-corrected chi connectivity index (χ1v) is 6.77. The van der Waals surface area contributed by atoms with Crippen molar-refractivity contribution >= 4 is 17.3 Å². The molecule has 1 aromatic carbocycles. The van der Waals surface area contributed by atoms with Crippen molar-refractivity contribution in [2.45, 2.75) is 46.0 Å². The van der Waals surface area contributed by atoms with Crippen molar-refractivity contribution in [3.8, 4) is 0 Å². The van der Waals surface area contributed by atoms with Crippen molar-refractivity contribution in [1.29, 1.82) is 0 Å². The normalized spacial score (nSPS) is 11.4. The standard InChI is InChI=1S/C15H22N2O2/c1-3-4-5-6-11-15(18)16-14-10-8-7-9-13(14)12(2)17-19/h7-10,19H,3-6,11H2,1-2H3,(H,16,18)/b17-12+. The highest BCUT2D eigenvalue weighted by Gasteiger charge is 2.08. The Morgan fingerprint density at radius 3 is 2.68 bits per heavy atom. The van der Waals surface area contributed by atoms with E-state index < -0.39 is 0 Å². The second-order valence-corrected chi connectivity index (χ2v) is 4.59. The molecular formula is C15H22N2O2. The van der Waals surface area contributed by atoms with Crippen molar-refractivity contribution in [3.63, 3.8) is 0 Å². The predicted octanol–water partition coefficient (Wildman–Crippen LogP) is 3.79. The van der Waals surface area contributed by atoms with Crippen LogP contribution in [-0.4, -0.2) is 16.8 Å². The van der Waals surface area contributed by atoms with E-state index in [9.17, 15) is 4.79 Å². The van der Waals surface area contributed by atoms with Gasteiger partial charge in [0.1, 0.15) is 0 Å². The lowest BCUT2D eigenvalue weighted by molar-refractivity contribution is -0.116. The van der Waals surface area contributed by atoms with Gasteiger partial charge in [-0.25, -0.2) is 0 Å². The van der Waals surface area contributed by atoms with E-state index in [-0.39, 0.29) is 5.91 Å². The summed E-state index contributed by atoms with van der Waals surface area (Å²) in [6.45, 7) is 3.85. The molecular weight excluding hydrogens is 240 g/mol. The van der Waals surface area contributed by atoms with Crippen LogP contribution in [0.2, 0.25) is 0 Å². The number of oxime groups is 1. The van der Waals surface area contributed by atoms with E-state index in [1.54, 1.807) is 6.92 Å². The molecule has 1 rings (SSSR count). The summed E-state index contributed by atoms with van der Waals surface area (Å²) in [7, 11) is 0. The monoisotopic (exact) mass is 262 g/mol. The molecule has 4 nitrogen and oxygen atoms in total. The topological polar surface area (TPSA) is 61.7 Å². The molecule has 0 aliphatic rings. The molecule has 0 bridgehead atoms. The number of carbonyl (C=O) groups excluding carboxylic acids is 1. The van der Waals surface area contributed by atoms with Crippen LogP contribution in [0.15, 0.2) is 29.4 Å². The molecule has 104 valence electrons. The average Bonchev–Trinajstić information content (AvgIpc) is 2.43. The Hall–Kier alpha value is -1.84. The van der Waals surface area contributed by atoms with Gasteiger partial charge in [-0.15, -0.1) is 0 Å². The number of rotatable bonds is 7. The van der Waals surface area contributed by atoms with Crippen molar-refractivity contribution < 1.29 is 10.0 Å². The zero-order valence-electron chi connectivity index (χ0n) is 11.6. The van der Waals surface area contributed by atoms with Gasteiger partial charge < -0.3 is 10.5 Å². The summed E-state index contributed by atoms with van der Waals surface area (Å²) >= 11 is 0. The third-order valence-corrected chi connectivity index (χ3v) is 3.00. The fourth-order valence-electron chi connectivity index (χ4n) is 1.89. The first-order chi connectivity index (χ1) is 9.19. The molecule has 0 atom stereocenters. The Morgan fingerprint density at radius 1 is 1.26 bits per heavy atom. The molecule has 0 radical (unpaired) electrons. The summed E-state index contributed by atoms with van der Waals surface area (Å²) in [5.41, 5.74) is 1.92. The highest BCUT2D eigenvalue weighted by molar-refractivity contribution is 6.06. The second kappa shape index (κ2) is 8.29. The lowest BCUT2D eigenvalue weighted by Gasteiger charge is -2.10. The molecule has 0 aromatic heterocycles. The van der Waals surface area contributed by atoms with Gasteiger partial charge in [-0.1, -0.05) is 49.5 Å². The van der Waals surface area contributed by atoms with E-state index in [1.807, 2.05) is 24.3 Å². The Morgan fingerprint density at radius 2 is 2.00 bits per heavy atom. The van der Waals surface area contributed by atoms with Crippen LogP contribution in [0.3, 0.4) is 0 Å². The summed E-state index contributed by atoms with van der Waals surface area (Å²) in [4.78, 5) is 11.8. The number of benzene rings is 1. The highest BCUT2D eigenvalue weighted by atomic mass is 16.4. The maximum Gasteiger partial charge on any atom is 0.224 e. The third kappa shape index (κ3) is 5.12. The first kappa shape index (κ1) is 15.2. The highest BCUT2D eigenvalue weighted by Crippen LogP contribution is 2.16. The van der Waals surface area contributed by atoms with Crippen LogP contribution in [0.5, 0.6) is 0 Å². The number of para-hydroxylation sites is 1. The Labute approximate surface area is 114 Å². The van der Waals surface area contributed by atoms with Crippen molar-refractivity contribution in [3.05, 3.63) is 29.8 Å². The predicted molar refractivity (Wildman–Crippen MR) is 77.8 cm³/mol. The molecule has 1 amide bonds. The minimum atomic E-state index is 0.00860. The van der Waals surface area contributed by atoms with Crippen molar-refractivity contribution in [2.75, 3.05) is 5.32 Å². The zero-order chi connectivity index (χ0) is 14.1. The molecule has 1 aromatic rings. The van der Waals surface area contributed by atoms with Gasteiger partial charge in [-0.2, -0.15) is 0 Å². The fourth-order valence-corrected chi connectivity index (χ4v) is 1.89. The van der Waals surface area contributed by atoms with Gasteiger partial charge in [0.25, 0.3) is 0 Å². The van der Waals surface area contributed by atoms with Crippen LogP contribution < -0.4 is 5.32 Å². The lowest BCUT2D eigenvalue weighted by atomic mass is 10.1. The number of hydrogen-bond donors (Lipinski definition) is 2.